The van der Waals surface area contributed by atoms with Crippen LogP contribution in [0.2, 0.25) is 0 Å². The second-order valence-corrected chi connectivity index (χ2v) is 7.99. The minimum atomic E-state index is -0.599. The maximum atomic E-state index is 12.9. The molecule has 1 aromatic heterocycles. The Morgan fingerprint density at radius 2 is 1.80 bits per heavy atom. The second kappa shape index (κ2) is 6.13. The molecule has 0 bridgehead atoms. The molecule has 3 aliphatic rings. The van der Waals surface area contributed by atoms with Gasteiger partial charge in [-0.1, -0.05) is 30.3 Å². The van der Waals surface area contributed by atoms with Crippen LogP contribution in [-0.4, -0.2) is 38.4 Å². The highest BCUT2D eigenvalue weighted by Gasteiger charge is 2.39. The molecule has 7 nitrogen and oxygen atoms in total. The van der Waals surface area contributed by atoms with Gasteiger partial charge in [-0.2, -0.15) is 5.10 Å². The number of carbonyl (C=O) groups is 3. The van der Waals surface area contributed by atoms with Crippen molar-refractivity contribution in [3.8, 4) is 22.4 Å². The fraction of sp³-hybridized carbons (Fsp3) is 0.217. The van der Waals surface area contributed by atoms with Crippen molar-refractivity contribution in [3.05, 3.63) is 65.4 Å². The lowest BCUT2D eigenvalue weighted by Gasteiger charge is -2.29. The number of fused-ring (bicyclic) bond motifs is 4. The highest BCUT2D eigenvalue weighted by molar-refractivity contribution is 6.05. The molecule has 3 amide bonds. The molecule has 30 heavy (non-hydrogen) atoms. The van der Waals surface area contributed by atoms with E-state index in [1.165, 1.54) is 11.1 Å². The zero-order valence-electron chi connectivity index (χ0n) is 16.1. The topological polar surface area (TPSA) is 84.3 Å². The first-order valence-electron chi connectivity index (χ1n) is 10.0. The van der Waals surface area contributed by atoms with E-state index < -0.39 is 11.9 Å². The summed E-state index contributed by atoms with van der Waals surface area (Å²) >= 11 is 0. The number of nitrogens with one attached hydrogen (secondary N) is 1. The Kier molecular flexibility index (Phi) is 3.50. The van der Waals surface area contributed by atoms with Crippen molar-refractivity contribution in [2.24, 2.45) is 0 Å². The van der Waals surface area contributed by atoms with Crippen LogP contribution >= 0.6 is 0 Å². The van der Waals surface area contributed by atoms with E-state index in [2.05, 4.69) is 22.5 Å². The first kappa shape index (κ1) is 17.1. The zero-order chi connectivity index (χ0) is 20.4. The van der Waals surface area contributed by atoms with Gasteiger partial charge in [0.25, 0.3) is 5.91 Å². The van der Waals surface area contributed by atoms with Gasteiger partial charge in [-0.05, 0) is 35.2 Å². The molecule has 4 heterocycles. The average Bonchev–Trinajstić information content (AvgIpc) is 3.40. The Morgan fingerprint density at radius 1 is 0.933 bits per heavy atom. The van der Waals surface area contributed by atoms with E-state index in [0.717, 1.165) is 28.9 Å². The molecule has 1 saturated heterocycles. The summed E-state index contributed by atoms with van der Waals surface area (Å²) in [6, 6.07) is 13.5. The van der Waals surface area contributed by atoms with Gasteiger partial charge in [0, 0.05) is 29.7 Å². The fourth-order valence-electron chi connectivity index (χ4n) is 4.79. The number of aromatic nitrogens is 2. The van der Waals surface area contributed by atoms with Crippen LogP contribution in [0.1, 0.15) is 34.3 Å². The fourth-order valence-corrected chi connectivity index (χ4v) is 4.79. The van der Waals surface area contributed by atoms with E-state index in [-0.39, 0.29) is 18.2 Å². The molecule has 0 saturated carbocycles. The number of piperidine rings is 1. The van der Waals surface area contributed by atoms with Crippen molar-refractivity contribution in [3.63, 3.8) is 0 Å². The summed E-state index contributed by atoms with van der Waals surface area (Å²) in [4.78, 5) is 38.2. The molecule has 1 N–H and O–H groups in total. The van der Waals surface area contributed by atoms with Crippen LogP contribution in [-0.2, 0) is 22.7 Å². The Morgan fingerprint density at radius 3 is 2.67 bits per heavy atom. The van der Waals surface area contributed by atoms with Crippen molar-refractivity contribution < 1.29 is 14.4 Å². The SMILES string of the molecule is O=C1CCC(N2Cc3cc(-c4cnn5c4-c4ccccc4C5)ccc3C2=O)C(=O)N1. The van der Waals surface area contributed by atoms with E-state index >= 15 is 0 Å². The molecule has 1 atom stereocenters. The van der Waals surface area contributed by atoms with Crippen molar-refractivity contribution >= 4 is 17.7 Å². The van der Waals surface area contributed by atoms with Gasteiger partial charge in [-0.3, -0.25) is 24.4 Å². The van der Waals surface area contributed by atoms with Gasteiger partial charge >= 0.3 is 0 Å². The number of benzene rings is 2. The third-order valence-corrected chi connectivity index (χ3v) is 6.27. The van der Waals surface area contributed by atoms with Crippen LogP contribution in [0.4, 0.5) is 0 Å². The lowest BCUT2D eigenvalue weighted by Crippen LogP contribution is -2.52. The van der Waals surface area contributed by atoms with Gasteiger partial charge in [-0.15, -0.1) is 0 Å². The molecule has 0 spiro atoms. The van der Waals surface area contributed by atoms with Gasteiger partial charge in [-0.25, -0.2) is 0 Å². The van der Waals surface area contributed by atoms with E-state index in [0.29, 0.717) is 18.5 Å². The number of rotatable bonds is 2. The van der Waals surface area contributed by atoms with Crippen molar-refractivity contribution in [1.29, 1.82) is 0 Å². The molecule has 0 aliphatic carbocycles. The smallest absolute Gasteiger partial charge is 0.255 e. The number of hydrogen-bond donors (Lipinski definition) is 1. The number of amides is 3. The quantitative estimate of drug-likeness (QED) is 0.526. The first-order chi connectivity index (χ1) is 14.6. The number of imide groups is 1. The van der Waals surface area contributed by atoms with Gasteiger partial charge in [0.15, 0.2) is 0 Å². The number of hydrogen-bond acceptors (Lipinski definition) is 4. The van der Waals surface area contributed by atoms with Crippen molar-refractivity contribution in [1.82, 2.24) is 20.0 Å². The molecule has 1 fully saturated rings. The van der Waals surface area contributed by atoms with Gasteiger partial charge < -0.3 is 4.90 Å². The molecule has 6 rings (SSSR count). The van der Waals surface area contributed by atoms with Crippen molar-refractivity contribution in [2.75, 3.05) is 0 Å². The van der Waals surface area contributed by atoms with E-state index in [1.54, 1.807) is 4.90 Å². The summed E-state index contributed by atoms with van der Waals surface area (Å²) in [5.41, 5.74) is 7.09. The molecule has 3 aromatic rings. The summed E-state index contributed by atoms with van der Waals surface area (Å²) in [5, 5.41) is 6.90. The summed E-state index contributed by atoms with van der Waals surface area (Å²) in [5.74, 6) is -0.826. The minimum absolute atomic E-state index is 0.156. The van der Waals surface area contributed by atoms with E-state index in [9.17, 15) is 14.4 Å². The van der Waals surface area contributed by atoms with Gasteiger partial charge in [0.05, 0.1) is 18.4 Å². The van der Waals surface area contributed by atoms with Gasteiger partial charge in [0.2, 0.25) is 11.8 Å². The maximum absolute atomic E-state index is 12.9. The van der Waals surface area contributed by atoms with E-state index in [1.807, 2.05) is 41.2 Å². The molecule has 1 unspecified atom stereocenters. The lowest BCUT2D eigenvalue weighted by molar-refractivity contribution is -0.136. The van der Waals surface area contributed by atoms with Gasteiger partial charge in [0.1, 0.15) is 6.04 Å². The molecular weight excluding hydrogens is 380 g/mol. The largest absolute Gasteiger partial charge is 0.322 e. The lowest BCUT2D eigenvalue weighted by atomic mass is 9.97. The van der Waals surface area contributed by atoms with Crippen LogP contribution in [0.15, 0.2) is 48.7 Å². The Hall–Kier alpha value is -3.74. The highest BCUT2D eigenvalue weighted by Crippen LogP contribution is 2.40. The average molecular weight is 398 g/mol. The third-order valence-electron chi connectivity index (χ3n) is 6.27. The van der Waals surface area contributed by atoms with Crippen molar-refractivity contribution in [2.45, 2.75) is 32.0 Å². The summed E-state index contributed by atoms with van der Waals surface area (Å²) < 4.78 is 2.01. The summed E-state index contributed by atoms with van der Waals surface area (Å²) in [6.07, 6.45) is 2.50. The Bertz CT molecular complexity index is 1260. The molecule has 2 aromatic carbocycles. The molecule has 0 radical (unpaired) electrons. The predicted octanol–water partition coefficient (Wildman–Crippen LogP) is 2.34. The molecular formula is C23H18N4O3. The van der Waals surface area contributed by atoms with Crippen LogP contribution < -0.4 is 5.32 Å². The van der Waals surface area contributed by atoms with E-state index in [4.69, 9.17) is 0 Å². The Labute approximate surface area is 172 Å². The third kappa shape index (κ3) is 2.38. The second-order valence-electron chi connectivity index (χ2n) is 7.99. The van der Waals surface area contributed by atoms with Crippen LogP contribution in [0.25, 0.3) is 22.4 Å². The monoisotopic (exact) mass is 398 g/mol. The Balaban J connectivity index is 1.35. The maximum Gasteiger partial charge on any atom is 0.255 e. The normalized spacial score (nSPS) is 19.5. The highest BCUT2D eigenvalue weighted by atomic mass is 16.2. The van der Waals surface area contributed by atoms with Crippen LogP contribution in [0.5, 0.6) is 0 Å². The van der Waals surface area contributed by atoms with Crippen LogP contribution in [0.3, 0.4) is 0 Å². The first-order valence-corrected chi connectivity index (χ1v) is 10.0. The standard InChI is InChI=1S/C23H18N4O3/c28-20-8-7-19(22(29)25-20)26-11-15-9-13(5-6-17(15)23(26)30)18-10-24-27-12-14-3-1-2-4-16(14)21(18)27/h1-6,9-10,19H,7-8,11-12H2,(H,25,28,29). The molecule has 7 heteroatoms. The predicted molar refractivity (Wildman–Crippen MR) is 108 cm³/mol. The molecule has 3 aliphatic heterocycles. The number of nitrogens with zero attached hydrogens (tertiary/aromatic N) is 3. The summed E-state index contributed by atoms with van der Waals surface area (Å²) in [7, 11) is 0. The molecule has 148 valence electrons. The minimum Gasteiger partial charge on any atom is -0.322 e. The zero-order valence-corrected chi connectivity index (χ0v) is 16.1. The van der Waals surface area contributed by atoms with Crippen LogP contribution in [0, 0.1) is 0 Å². The summed E-state index contributed by atoms with van der Waals surface area (Å²) in [6.45, 7) is 1.13. The number of carbonyl (C=O) groups excluding carboxylic acids is 3.